The summed E-state index contributed by atoms with van der Waals surface area (Å²) in [5.74, 6) is 1.98. The zero-order valence-corrected chi connectivity index (χ0v) is 16.9. The van der Waals surface area contributed by atoms with Crippen molar-refractivity contribution in [1.29, 1.82) is 0 Å². The van der Waals surface area contributed by atoms with Gasteiger partial charge in [0.2, 0.25) is 0 Å². The summed E-state index contributed by atoms with van der Waals surface area (Å²) in [6.07, 6.45) is 2.66. The Bertz CT molecular complexity index is 750. The molecule has 0 unspecified atom stereocenters. The number of hydrogen-bond acceptors (Lipinski definition) is 4. The number of nitrogens with one attached hydrogen (secondary N) is 1. The number of aryl methyl sites for hydroxylation is 1. The second kappa shape index (κ2) is 9.60. The van der Waals surface area contributed by atoms with E-state index in [1.165, 1.54) is 0 Å². The van der Waals surface area contributed by atoms with Gasteiger partial charge in [-0.2, -0.15) is 0 Å². The Morgan fingerprint density at radius 1 is 1.19 bits per heavy atom. The highest BCUT2D eigenvalue weighted by atomic mass is 35.5. The van der Waals surface area contributed by atoms with Crippen molar-refractivity contribution < 1.29 is 0 Å². The fourth-order valence-corrected chi connectivity index (χ4v) is 3.55. The largest absolute Gasteiger partial charge is 0.367 e. The number of hydrogen-bond donors (Lipinski definition) is 1. The van der Waals surface area contributed by atoms with Gasteiger partial charge in [-0.3, -0.25) is 4.99 Å². The second-order valence-corrected chi connectivity index (χ2v) is 6.86. The molecule has 0 bridgehead atoms. The summed E-state index contributed by atoms with van der Waals surface area (Å²) in [6, 6.07) is 8.04. The smallest absolute Gasteiger partial charge is 0.194 e. The molecule has 1 aliphatic rings. The fraction of sp³-hybridized carbons (Fsp3) is 0.526. The first-order valence-electron chi connectivity index (χ1n) is 9.62. The van der Waals surface area contributed by atoms with Gasteiger partial charge < -0.3 is 19.7 Å². The van der Waals surface area contributed by atoms with E-state index < -0.39 is 0 Å². The minimum Gasteiger partial charge on any atom is -0.367 e. The average Bonchev–Trinajstić information content (AvgIpc) is 3.15. The molecule has 2 aromatic rings. The van der Waals surface area contributed by atoms with Crippen molar-refractivity contribution in [3.63, 3.8) is 0 Å². The van der Waals surface area contributed by atoms with E-state index >= 15 is 0 Å². The number of aromatic nitrogens is 3. The van der Waals surface area contributed by atoms with E-state index in [0.29, 0.717) is 6.54 Å². The third kappa shape index (κ3) is 4.91. The average molecular weight is 390 g/mol. The van der Waals surface area contributed by atoms with Gasteiger partial charge in [-0.1, -0.05) is 30.7 Å². The van der Waals surface area contributed by atoms with E-state index in [4.69, 9.17) is 16.6 Å². The maximum Gasteiger partial charge on any atom is 0.194 e. The highest BCUT2D eigenvalue weighted by Crippen LogP contribution is 2.25. The van der Waals surface area contributed by atoms with Gasteiger partial charge in [0.1, 0.15) is 12.2 Å². The summed E-state index contributed by atoms with van der Waals surface area (Å²) >= 11 is 6.34. The minimum atomic E-state index is 0.706. The van der Waals surface area contributed by atoms with E-state index in [-0.39, 0.29) is 0 Å². The molecule has 0 radical (unpaired) electrons. The van der Waals surface area contributed by atoms with Crippen LogP contribution in [-0.2, 0) is 13.0 Å². The number of piperazine rings is 1. The van der Waals surface area contributed by atoms with Crippen molar-refractivity contribution in [3.8, 4) is 0 Å². The monoisotopic (exact) mass is 389 g/mol. The molecule has 8 heteroatoms. The van der Waals surface area contributed by atoms with E-state index in [9.17, 15) is 0 Å². The van der Waals surface area contributed by atoms with Crippen molar-refractivity contribution in [2.75, 3.05) is 44.2 Å². The lowest BCUT2D eigenvalue weighted by Crippen LogP contribution is -2.52. The third-order valence-corrected chi connectivity index (χ3v) is 5.04. The molecule has 0 saturated carbocycles. The van der Waals surface area contributed by atoms with Crippen LogP contribution in [0.1, 0.15) is 19.7 Å². The highest BCUT2D eigenvalue weighted by Gasteiger charge is 2.20. The van der Waals surface area contributed by atoms with Crippen LogP contribution in [0.2, 0.25) is 5.02 Å². The van der Waals surface area contributed by atoms with E-state index in [1.54, 1.807) is 6.33 Å². The Morgan fingerprint density at radius 3 is 2.67 bits per heavy atom. The van der Waals surface area contributed by atoms with Crippen LogP contribution in [0.25, 0.3) is 0 Å². The number of rotatable bonds is 6. The van der Waals surface area contributed by atoms with E-state index in [1.807, 2.05) is 18.2 Å². The molecule has 1 aliphatic heterocycles. The SMILES string of the molecule is CCNC(=NCCn1cnnc1CC)N1CCN(c2ccccc2Cl)CC1. The number of nitrogens with zero attached hydrogens (tertiary/aromatic N) is 6. The summed E-state index contributed by atoms with van der Waals surface area (Å²) in [5.41, 5.74) is 1.11. The first-order chi connectivity index (χ1) is 13.2. The molecule has 1 N–H and O–H groups in total. The third-order valence-electron chi connectivity index (χ3n) is 4.72. The van der Waals surface area contributed by atoms with Gasteiger partial charge in [0.25, 0.3) is 0 Å². The van der Waals surface area contributed by atoms with E-state index in [0.717, 1.165) is 68.2 Å². The molecule has 0 atom stereocenters. The topological polar surface area (TPSA) is 61.6 Å². The van der Waals surface area contributed by atoms with Crippen LogP contribution < -0.4 is 10.2 Å². The molecule has 146 valence electrons. The van der Waals surface area contributed by atoms with Gasteiger partial charge in [-0.15, -0.1) is 10.2 Å². The zero-order chi connectivity index (χ0) is 19.1. The number of halogens is 1. The molecule has 2 heterocycles. The number of anilines is 1. The number of benzene rings is 1. The van der Waals surface area contributed by atoms with Crippen molar-refractivity contribution >= 4 is 23.2 Å². The molecule has 0 spiro atoms. The molecule has 0 amide bonds. The predicted octanol–water partition coefficient (Wildman–Crippen LogP) is 2.28. The van der Waals surface area contributed by atoms with Crippen molar-refractivity contribution in [1.82, 2.24) is 25.0 Å². The Balaban J connectivity index is 1.58. The Hall–Kier alpha value is -2.28. The van der Waals surface area contributed by atoms with Gasteiger partial charge in [-0.05, 0) is 19.1 Å². The van der Waals surface area contributed by atoms with Crippen LogP contribution in [-0.4, -0.2) is 64.9 Å². The molecule has 7 nitrogen and oxygen atoms in total. The van der Waals surface area contributed by atoms with Crippen LogP contribution in [0.3, 0.4) is 0 Å². The number of aliphatic imine (C=N–C) groups is 1. The molecular formula is C19H28ClN7. The molecular weight excluding hydrogens is 362 g/mol. The summed E-state index contributed by atoms with van der Waals surface area (Å²) in [6.45, 7) is 10.3. The summed E-state index contributed by atoms with van der Waals surface area (Å²) in [5, 5.41) is 12.3. The molecule has 1 aromatic carbocycles. The normalized spacial score (nSPS) is 15.3. The molecule has 0 aliphatic carbocycles. The lowest BCUT2D eigenvalue weighted by Gasteiger charge is -2.38. The van der Waals surface area contributed by atoms with Gasteiger partial charge in [0, 0.05) is 45.7 Å². The zero-order valence-electron chi connectivity index (χ0n) is 16.1. The minimum absolute atomic E-state index is 0.706. The first kappa shape index (κ1) is 19.5. The summed E-state index contributed by atoms with van der Waals surface area (Å²) in [4.78, 5) is 9.48. The maximum atomic E-state index is 6.34. The Labute approximate surface area is 166 Å². The molecule has 1 fully saturated rings. The quantitative estimate of drug-likeness (QED) is 0.606. The first-order valence-corrected chi connectivity index (χ1v) is 10.00. The van der Waals surface area contributed by atoms with Crippen LogP contribution in [0.15, 0.2) is 35.6 Å². The van der Waals surface area contributed by atoms with Gasteiger partial charge in [-0.25, -0.2) is 0 Å². The van der Waals surface area contributed by atoms with Gasteiger partial charge in [0.15, 0.2) is 5.96 Å². The molecule has 27 heavy (non-hydrogen) atoms. The second-order valence-electron chi connectivity index (χ2n) is 6.46. The lowest BCUT2D eigenvalue weighted by atomic mass is 10.2. The lowest BCUT2D eigenvalue weighted by molar-refractivity contribution is 0.372. The highest BCUT2D eigenvalue weighted by molar-refractivity contribution is 6.33. The standard InChI is InChI=1S/C19H28ClN7/c1-3-18-24-23-15-27(18)10-9-22-19(21-4-2)26-13-11-25(12-14-26)17-8-6-5-7-16(17)20/h5-8,15H,3-4,9-14H2,1-2H3,(H,21,22). The van der Waals surface area contributed by atoms with Crippen LogP contribution >= 0.6 is 11.6 Å². The molecule has 1 saturated heterocycles. The van der Waals surface area contributed by atoms with Crippen LogP contribution in [0.5, 0.6) is 0 Å². The number of guanidine groups is 1. The maximum absolute atomic E-state index is 6.34. The van der Waals surface area contributed by atoms with Crippen LogP contribution in [0.4, 0.5) is 5.69 Å². The molecule has 1 aromatic heterocycles. The summed E-state index contributed by atoms with van der Waals surface area (Å²) in [7, 11) is 0. The van der Waals surface area contributed by atoms with Gasteiger partial charge in [0.05, 0.1) is 17.3 Å². The van der Waals surface area contributed by atoms with E-state index in [2.05, 4.69) is 49.8 Å². The molecule has 3 rings (SSSR count). The van der Waals surface area contributed by atoms with Crippen molar-refractivity contribution in [3.05, 3.63) is 41.4 Å². The fourth-order valence-electron chi connectivity index (χ4n) is 3.30. The Kier molecular flexibility index (Phi) is 6.92. The van der Waals surface area contributed by atoms with Crippen molar-refractivity contribution in [2.45, 2.75) is 26.8 Å². The predicted molar refractivity (Wildman–Crippen MR) is 111 cm³/mol. The van der Waals surface area contributed by atoms with Gasteiger partial charge >= 0.3 is 0 Å². The number of para-hydroxylation sites is 1. The Morgan fingerprint density at radius 2 is 1.96 bits per heavy atom. The summed E-state index contributed by atoms with van der Waals surface area (Å²) < 4.78 is 2.07. The van der Waals surface area contributed by atoms with Crippen molar-refractivity contribution in [2.24, 2.45) is 4.99 Å². The van der Waals surface area contributed by atoms with Crippen LogP contribution in [0, 0.1) is 0 Å².